The van der Waals surface area contributed by atoms with Crippen LogP contribution in [0.15, 0.2) is 5.16 Å². The van der Waals surface area contributed by atoms with Gasteiger partial charge in [0.15, 0.2) is 15.0 Å². The van der Waals surface area contributed by atoms with Crippen molar-refractivity contribution in [3.63, 3.8) is 0 Å². The molecule has 0 radical (unpaired) electrons. The van der Waals surface area contributed by atoms with Crippen LogP contribution in [0.2, 0.25) is 0 Å². The average Bonchev–Trinajstić information content (AvgIpc) is 3.52. The van der Waals surface area contributed by atoms with Gasteiger partial charge in [0.1, 0.15) is 5.82 Å². The molecule has 26 heavy (non-hydrogen) atoms. The maximum atomic E-state index is 13.0. The number of carbonyl (C=O) groups is 1. The Hall–Kier alpha value is -1.09. The van der Waals surface area contributed by atoms with Crippen molar-refractivity contribution < 1.29 is 13.2 Å². The summed E-state index contributed by atoms with van der Waals surface area (Å²) in [7, 11) is -3.00. The number of aromatic nitrogens is 3. The second-order valence-corrected chi connectivity index (χ2v) is 11.2. The predicted octanol–water partition coefficient (Wildman–Crippen LogP) is 2.01. The molecule has 3 fully saturated rings. The van der Waals surface area contributed by atoms with E-state index in [1.165, 1.54) is 24.6 Å². The van der Waals surface area contributed by atoms with Crippen LogP contribution in [0.3, 0.4) is 0 Å². The fourth-order valence-corrected chi connectivity index (χ4v) is 6.45. The van der Waals surface area contributed by atoms with E-state index in [0.29, 0.717) is 24.9 Å². The van der Waals surface area contributed by atoms with Crippen molar-refractivity contribution in [1.29, 1.82) is 0 Å². The Labute approximate surface area is 158 Å². The molecule has 2 aliphatic carbocycles. The first-order valence-corrected chi connectivity index (χ1v) is 12.2. The third kappa shape index (κ3) is 3.65. The number of rotatable bonds is 7. The minimum Gasteiger partial charge on any atom is -0.338 e. The summed E-state index contributed by atoms with van der Waals surface area (Å²) in [5, 5.41) is 9.32. The van der Waals surface area contributed by atoms with Gasteiger partial charge in [0, 0.05) is 24.5 Å². The minimum atomic E-state index is -3.00. The summed E-state index contributed by atoms with van der Waals surface area (Å²) in [6, 6.07) is 0.302. The number of sulfone groups is 1. The van der Waals surface area contributed by atoms with Gasteiger partial charge >= 0.3 is 0 Å². The smallest absolute Gasteiger partial charge is 0.236 e. The predicted molar refractivity (Wildman–Crippen MR) is 100 cm³/mol. The van der Waals surface area contributed by atoms with Gasteiger partial charge in [0.25, 0.3) is 0 Å². The zero-order valence-corrected chi connectivity index (χ0v) is 16.9. The highest BCUT2D eigenvalue weighted by Gasteiger charge is 2.39. The van der Waals surface area contributed by atoms with Crippen LogP contribution in [0.5, 0.6) is 0 Å². The molecule has 0 aromatic carbocycles. The van der Waals surface area contributed by atoms with Gasteiger partial charge in [-0.25, -0.2) is 8.42 Å². The summed E-state index contributed by atoms with van der Waals surface area (Å²) in [5.74, 6) is 1.90. The summed E-state index contributed by atoms with van der Waals surface area (Å²) < 4.78 is 25.8. The maximum absolute atomic E-state index is 13.0. The van der Waals surface area contributed by atoms with E-state index in [9.17, 15) is 13.2 Å². The molecule has 3 aliphatic rings. The lowest BCUT2D eigenvalue weighted by Gasteiger charge is -2.29. The van der Waals surface area contributed by atoms with E-state index < -0.39 is 9.84 Å². The standard InChI is InChI=1S/C17H26N4O3S2/c1-3-20(14-8-9-26(23,24)10-14)16(22)11(2)25-17-19-18-15(12-4-5-12)21(17)13-6-7-13/h11-14H,3-10H2,1-2H3/t11-,14+/m0/s1. The van der Waals surface area contributed by atoms with E-state index in [2.05, 4.69) is 14.8 Å². The van der Waals surface area contributed by atoms with Crippen molar-refractivity contribution in [1.82, 2.24) is 19.7 Å². The van der Waals surface area contributed by atoms with Gasteiger partial charge in [-0.3, -0.25) is 4.79 Å². The molecule has 0 bridgehead atoms. The zero-order valence-electron chi connectivity index (χ0n) is 15.3. The van der Waals surface area contributed by atoms with E-state index >= 15 is 0 Å². The summed E-state index contributed by atoms with van der Waals surface area (Å²) in [6.07, 6.45) is 5.24. The van der Waals surface area contributed by atoms with Crippen LogP contribution in [-0.4, -0.2) is 63.3 Å². The van der Waals surface area contributed by atoms with Gasteiger partial charge in [-0.05, 0) is 46.0 Å². The van der Waals surface area contributed by atoms with Crippen molar-refractivity contribution in [3.8, 4) is 0 Å². The third-order valence-corrected chi connectivity index (χ3v) is 8.24. The highest BCUT2D eigenvalue weighted by atomic mass is 32.2. The van der Waals surface area contributed by atoms with Crippen LogP contribution >= 0.6 is 11.8 Å². The van der Waals surface area contributed by atoms with Crippen LogP contribution < -0.4 is 0 Å². The lowest BCUT2D eigenvalue weighted by Crippen LogP contribution is -2.44. The summed E-state index contributed by atoms with van der Waals surface area (Å²) >= 11 is 1.46. The molecule has 0 N–H and O–H groups in total. The molecule has 9 heteroatoms. The van der Waals surface area contributed by atoms with Crippen LogP contribution in [0.25, 0.3) is 0 Å². The molecule has 2 atom stereocenters. The van der Waals surface area contributed by atoms with E-state index in [1.807, 2.05) is 13.8 Å². The fourth-order valence-electron chi connectivity index (χ4n) is 3.72. The fraction of sp³-hybridized carbons (Fsp3) is 0.824. The number of amides is 1. The van der Waals surface area contributed by atoms with Crippen LogP contribution in [0, 0.1) is 0 Å². The van der Waals surface area contributed by atoms with Crippen LogP contribution in [0.1, 0.15) is 63.7 Å². The third-order valence-electron chi connectivity index (χ3n) is 5.45. The normalized spacial score (nSPS) is 26.0. The van der Waals surface area contributed by atoms with E-state index in [-0.39, 0.29) is 28.7 Å². The molecule has 7 nitrogen and oxygen atoms in total. The van der Waals surface area contributed by atoms with Crippen molar-refractivity contribution in [2.24, 2.45) is 0 Å². The maximum Gasteiger partial charge on any atom is 0.236 e. The molecule has 0 spiro atoms. The zero-order chi connectivity index (χ0) is 18.5. The van der Waals surface area contributed by atoms with E-state index in [1.54, 1.807) is 4.90 Å². The first kappa shape index (κ1) is 18.3. The first-order chi connectivity index (χ1) is 12.4. The highest BCUT2D eigenvalue weighted by molar-refractivity contribution is 8.00. The van der Waals surface area contributed by atoms with Gasteiger partial charge < -0.3 is 9.47 Å². The number of thioether (sulfide) groups is 1. The molecule has 1 saturated heterocycles. The second kappa shape index (κ2) is 6.82. The van der Waals surface area contributed by atoms with Gasteiger partial charge in [-0.2, -0.15) is 0 Å². The largest absolute Gasteiger partial charge is 0.338 e. The highest BCUT2D eigenvalue weighted by Crippen LogP contribution is 2.46. The first-order valence-electron chi connectivity index (χ1n) is 9.52. The molecule has 1 aromatic rings. The molecule has 2 heterocycles. The Bertz CT molecular complexity index is 799. The number of hydrogen-bond donors (Lipinski definition) is 0. The summed E-state index contributed by atoms with van der Waals surface area (Å²) in [6.45, 7) is 4.34. The Kier molecular flexibility index (Phi) is 4.79. The van der Waals surface area contributed by atoms with Gasteiger partial charge in [0.2, 0.25) is 5.91 Å². The van der Waals surface area contributed by atoms with Crippen molar-refractivity contribution in [2.75, 3.05) is 18.1 Å². The molecule has 4 rings (SSSR count). The lowest BCUT2D eigenvalue weighted by molar-refractivity contribution is -0.131. The Morgan fingerprint density at radius 2 is 2.00 bits per heavy atom. The Morgan fingerprint density at radius 1 is 1.27 bits per heavy atom. The van der Waals surface area contributed by atoms with Gasteiger partial charge in [-0.15, -0.1) is 10.2 Å². The van der Waals surface area contributed by atoms with Crippen LogP contribution in [-0.2, 0) is 14.6 Å². The molecule has 1 aliphatic heterocycles. The second-order valence-electron chi connectivity index (χ2n) is 7.66. The van der Waals surface area contributed by atoms with Crippen molar-refractivity contribution in [2.45, 2.75) is 74.4 Å². The van der Waals surface area contributed by atoms with E-state index in [4.69, 9.17) is 0 Å². The topological polar surface area (TPSA) is 85.2 Å². The Balaban J connectivity index is 1.47. The van der Waals surface area contributed by atoms with Gasteiger partial charge in [-0.1, -0.05) is 11.8 Å². The minimum absolute atomic E-state index is 0.00193. The molecule has 0 unspecified atom stereocenters. The molecular weight excluding hydrogens is 372 g/mol. The monoisotopic (exact) mass is 398 g/mol. The Morgan fingerprint density at radius 3 is 2.54 bits per heavy atom. The number of carbonyl (C=O) groups excluding carboxylic acids is 1. The van der Waals surface area contributed by atoms with Crippen molar-refractivity contribution in [3.05, 3.63) is 5.82 Å². The van der Waals surface area contributed by atoms with E-state index in [0.717, 1.165) is 23.8 Å². The molecule has 2 saturated carbocycles. The van der Waals surface area contributed by atoms with Crippen LogP contribution in [0.4, 0.5) is 0 Å². The number of nitrogens with zero attached hydrogens (tertiary/aromatic N) is 4. The van der Waals surface area contributed by atoms with Gasteiger partial charge in [0.05, 0.1) is 16.8 Å². The SMILES string of the molecule is CCN(C(=O)[C@H](C)Sc1nnc(C2CC2)n1C1CC1)[C@@H]1CCS(=O)(=O)C1. The molecule has 1 amide bonds. The summed E-state index contributed by atoms with van der Waals surface area (Å²) in [4.78, 5) is 14.7. The summed E-state index contributed by atoms with van der Waals surface area (Å²) in [5.41, 5.74) is 0. The molecule has 1 aromatic heterocycles. The number of hydrogen-bond acceptors (Lipinski definition) is 6. The lowest BCUT2D eigenvalue weighted by atomic mass is 10.2. The molecule has 144 valence electrons. The van der Waals surface area contributed by atoms with Crippen molar-refractivity contribution >= 4 is 27.5 Å². The molecular formula is C17H26N4O3S2. The quantitative estimate of drug-likeness (QED) is 0.653. The average molecular weight is 399 g/mol.